The van der Waals surface area contributed by atoms with Crippen molar-refractivity contribution in [3.8, 4) is 0 Å². The molecule has 1 fully saturated rings. The monoisotopic (exact) mass is 224 g/mol. The minimum absolute atomic E-state index is 0.00926. The second kappa shape index (κ2) is 4.83. The number of nitrogens with one attached hydrogen (secondary N) is 1. The van der Waals surface area contributed by atoms with Gasteiger partial charge in [0.05, 0.1) is 0 Å². The molecule has 0 aromatic rings. The first-order chi connectivity index (χ1) is 6.91. The van der Waals surface area contributed by atoms with Gasteiger partial charge in [0.15, 0.2) is 0 Å². The molecule has 0 aromatic carbocycles. The van der Waals surface area contributed by atoms with Gasteiger partial charge in [-0.25, -0.2) is 0 Å². The van der Waals surface area contributed by atoms with Crippen LogP contribution in [0.1, 0.15) is 19.8 Å². The third kappa shape index (κ3) is 3.70. The third-order valence-corrected chi connectivity index (χ3v) is 2.53. The van der Waals surface area contributed by atoms with E-state index in [2.05, 4.69) is 5.32 Å². The van der Waals surface area contributed by atoms with Crippen molar-refractivity contribution in [3.63, 3.8) is 0 Å². The van der Waals surface area contributed by atoms with Gasteiger partial charge in [-0.2, -0.15) is 0 Å². The zero-order valence-corrected chi connectivity index (χ0v) is 8.60. The number of hydrogen-bond donors (Lipinski definition) is 1. The Hall–Kier alpha value is -0.780. The van der Waals surface area contributed by atoms with Gasteiger partial charge in [0.25, 0.3) is 0 Å². The Morgan fingerprint density at radius 3 is 2.60 bits per heavy atom. The first-order valence-corrected chi connectivity index (χ1v) is 4.97. The predicted molar refractivity (Wildman–Crippen MR) is 49.0 cm³/mol. The van der Waals surface area contributed by atoms with E-state index in [1.54, 1.807) is 0 Å². The highest BCUT2D eigenvalue weighted by molar-refractivity contribution is 5.73. The number of hydrogen-bond acceptors (Lipinski definition) is 2. The molecule has 1 saturated heterocycles. The van der Waals surface area contributed by atoms with Gasteiger partial charge in [-0.15, -0.1) is 13.2 Å². The average molecular weight is 224 g/mol. The normalized spacial score (nSPS) is 22.5. The minimum atomic E-state index is -4.55. The summed E-state index contributed by atoms with van der Waals surface area (Å²) in [4.78, 5) is 10.8. The quantitative estimate of drug-likeness (QED) is 0.718. The molecule has 88 valence electrons. The minimum Gasteiger partial charge on any atom is -0.316 e. The fraction of sp³-hybridized carbons (Fsp3) is 0.889. The summed E-state index contributed by atoms with van der Waals surface area (Å²) in [5.41, 5.74) is 0. The summed E-state index contributed by atoms with van der Waals surface area (Å²) < 4.78 is 37.2. The highest BCUT2D eigenvalue weighted by Crippen LogP contribution is 2.24. The van der Waals surface area contributed by atoms with Gasteiger partial charge in [0.1, 0.15) is 0 Å². The summed E-state index contributed by atoms with van der Waals surface area (Å²) in [6, 6.07) is 0. The number of amides is 1. The van der Waals surface area contributed by atoms with Crippen LogP contribution in [0.4, 0.5) is 13.2 Å². The van der Waals surface area contributed by atoms with Crippen LogP contribution >= 0.6 is 0 Å². The SMILES string of the molecule is CC(=O)N(C[C@H]1CCCNC1)C(F)(F)F. The fourth-order valence-corrected chi connectivity index (χ4v) is 1.75. The number of alkyl halides is 3. The van der Waals surface area contributed by atoms with Crippen LogP contribution < -0.4 is 5.32 Å². The summed E-state index contributed by atoms with van der Waals surface area (Å²) in [6.45, 7) is 2.12. The molecule has 1 atom stereocenters. The molecule has 0 radical (unpaired) electrons. The molecule has 1 heterocycles. The Balaban J connectivity index is 2.54. The average Bonchev–Trinajstić information content (AvgIpc) is 2.13. The summed E-state index contributed by atoms with van der Waals surface area (Å²) in [6.07, 6.45) is -2.94. The topological polar surface area (TPSA) is 32.3 Å². The molecule has 15 heavy (non-hydrogen) atoms. The molecule has 3 nitrogen and oxygen atoms in total. The van der Waals surface area contributed by atoms with E-state index < -0.39 is 12.2 Å². The molecule has 0 unspecified atom stereocenters. The van der Waals surface area contributed by atoms with Gasteiger partial charge in [-0.05, 0) is 31.8 Å². The van der Waals surface area contributed by atoms with Crippen molar-refractivity contribution < 1.29 is 18.0 Å². The molecule has 1 aliphatic rings. The maximum absolute atomic E-state index is 12.4. The molecule has 0 aliphatic carbocycles. The Labute approximate surface area is 86.6 Å². The van der Waals surface area contributed by atoms with Crippen LogP contribution in [0.15, 0.2) is 0 Å². The predicted octanol–water partition coefficient (Wildman–Crippen LogP) is 1.35. The first-order valence-electron chi connectivity index (χ1n) is 4.97. The fourth-order valence-electron chi connectivity index (χ4n) is 1.75. The van der Waals surface area contributed by atoms with Crippen molar-refractivity contribution in [1.29, 1.82) is 0 Å². The lowest BCUT2D eigenvalue weighted by atomic mass is 9.99. The summed E-state index contributed by atoms with van der Waals surface area (Å²) >= 11 is 0. The van der Waals surface area contributed by atoms with Crippen LogP contribution in [-0.2, 0) is 4.79 Å². The van der Waals surface area contributed by atoms with E-state index in [1.165, 1.54) is 0 Å². The van der Waals surface area contributed by atoms with Crippen molar-refractivity contribution in [2.75, 3.05) is 19.6 Å². The zero-order chi connectivity index (χ0) is 11.5. The van der Waals surface area contributed by atoms with E-state index in [-0.39, 0.29) is 17.4 Å². The Bertz CT molecular complexity index is 224. The smallest absolute Gasteiger partial charge is 0.316 e. The molecule has 0 aromatic heterocycles. The standard InChI is InChI=1S/C9H15F3N2O/c1-7(15)14(9(10,11)12)6-8-3-2-4-13-5-8/h8,13H,2-6H2,1H3/t8-/m0/s1. The zero-order valence-electron chi connectivity index (χ0n) is 8.60. The molecular weight excluding hydrogens is 209 g/mol. The van der Waals surface area contributed by atoms with Gasteiger partial charge in [-0.3, -0.25) is 9.69 Å². The Kier molecular flexibility index (Phi) is 3.96. The summed E-state index contributed by atoms with van der Waals surface area (Å²) in [5, 5.41) is 3.03. The Morgan fingerprint density at radius 1 is 1.53 bits per heavy atom. The van der Waals surface area contributed by atoms with E-state index in [9.17, 15) is 18.0 Å². The van der Waals surface area contributed by atoms with Crippen LogP contribution in [0.5, 0.6) is 0 Å². The van der Waals surface area contributed by atoms with Crippen LogP contribution in [0.25, 0.3) is 0 Å². The summed E-state index contributed by atoms with van der Waals surface area (Å²) in [7, 11) is 0. The Morgan fingerprint density at radius 2 is 2.20 bits per heavy atom. The number of carbonyl (C=O) groups is 1. The van der Waals surface area contributed by atoms with Gasteiger partial charge in [-0.1, -0.05) is 0 Å². The number of carbonyl (C=O) groups excluding carboxylic acids is 1. The second-order valence-corrected chi connectivity index (χ2v) is 3.81. The first kappa shape index (κ1) is 12.3. The lowest BCUT2D eigenvalue weighted by Gasteiger charge is -2.30. The molecule has 0 spiro atoms. The summed E-state index contributed by atoms with van der Waals surface area (Å²) in [5.74, 6) is -1.03. The van der Waals surface area contributed by atoms with Crippen LogP contribution in [0.2, 0.25) is 0 Å². The van der Waals surface area contributed by atoms with Crippen molar-refractivity contribution in [2.45, 2.75) is 26.1 Å². The van der Waals surface area contributed by atoms with Crippen LogP contribution in [-0.4, -0.2) is 36.7 Å². The lowest BCUT2D eigenvalue weighted by Crippen LogP contribution is -2.47. The molecule has 1 amide bonds. The van der Waals surface area contributed by atoms with Gasteiger partial charge in [0, 0.05) is 13.5 Å². The molecular formula is C9H15F3N2O. The van der Waals surface area contributed by atoms with Crippen LogP contribution in [0, 0.1) is 5.92 Å². The molecule has 1 N–H and O–H groups in total. The third-order valence-electron chi connectivity index (χ3n) is 2.53. The van der Waals surface area contributed by atoms with Crippen molar-refractivity contribution in [2.24, 2.45) is 5.92 Å². The highest BCUT2D eigenvalue weighted by atomic mass is 19.4. The second-order valence-electron chi connectivity index (χ2n) is 3.81. The van der Waals surface area contributed by atoms with E-state index >= 15 is 0 Å². The van der Waals surface area contributed by atoms with Crippen molar-refractivity contribution in [3.05, 3.63) is 0 Å². The molecule has 6 heteroatoms. The molecule has 0 bridgehead atoms. The number of halogens is 3. The van der Waals surface area contributed by atoms with E-state index in [0.717, 1.165) is 26.3 Å². The largest absolute Gasteiger partial charge is 0.487 e. The van der Waals surface area contributed by atoms with E-state index in [4.69, 9.17) is 0 Å². The van der Waals surface area contributed by atoms with Crippen LogP contribution in [0.3, 0.4) is 0 Å². The maximum atomic E-state index is 12.4. The maximum Gasteiger partial charge on any atom is 0.487 e. The number of piperidine rings is 1. The number of rotatable bonds is 2. The highest BCUT2D eigenvalue weighted by Gasteiger charge is 2.40. The van der Waals surface area contributed by atoms with Crippen molar-refractivity contribution >= 4 is 5.91 Å². The molecule has 1 rings (SSSR count). The van der Waals surface area contributed by atoms with E-state index in [1.807, 2.05) is 0 Å². The van der Waals surface area contributed by atoms with Crippen molar-refractivity contribution in [1.82, 2.24) is 10.2 Å². The van der Waals surface area contributed by atoms with Gasteiger partial charge in [0.2, 0.25) is 5.91 Å². The lowest BCUT2D eigenvalue weighted by molar-refractivity contribution is -0.242. The molecule has 1 aliphatic heterocycles. The van der Waals surface area contributed by atoms with Gasteiger partial charge < -0.3 is 5.32 Å². The number of nitrogens with zero attached hydrogens (tertiary/aromatic N) is 1. The molecule has 0 saturated carbocycles. The van der Waals surface area contributed by atoms with E-state index in [0.29, 0.717) is 6.54 Å². The van der Waals surface area contributed by atoms with Gasteiger partial charge >= 0.3 is 6.30 Å².